The first-order chi connectivity index (χ1) is 5.25. The van der Waals surface area contributed by atoms with Crippen molar-refractivity contribution in [3.63, 3.8) is 0 Å². The minimum atomic E-state index is 0.866. The molecule has 0 spiro atoms. The molecule has 0 unspecified atom stereocenters. The zero-order valence-corrected chi connectivity index (χ0v) is 6.75. The van der Waals surface area contributed by atoms with Crippen molar-refractivity contribution in [3.05, 3.63) is 24.2 Å². The van der Waals surface area contributed by atoms with Crippen molar-refractivity contribution in [2.75, 3.05) is 13.6 Å². The highest BCUT2D eigenvalue weighted by Crippen LogP contribution is 2.17. The molecule has 0 aromatic carbocycles. The number of hydrogen-bond acceptors (Lipinski definition) is 3. The van der Waals surface area contributed by atoms with E-state index in [2.05, 4.69) is 11.6 Å². The van der Waals surface area contributed by atoms with Gasteiger partial charge in [-0.1, -0.05) is 12.7 Å². The summed E-state index contributed by atoms with van der Waals surface area (Å²) in [4.78, 5) is 6.18. The van der Waals surface area contributed by atoms with Crippen molar-refractivity contribution in [3.8, 4) is 0 Å². The first kappa shape index (κ1) is 7.85. The van der Waals surface area contributed by atoms with E-state index in [0.717, 1.165) is 24.5 Å². The second-order valence-electron chi connectivity index (χ2n) is 2.53. The Morgan fingerprint density at radius 3 is 2.91 bits per heavy atom. The van der Waals surface area contributed by atoms with E-state index in [1.54, 1.807) is 12.3 Å². The van der Waals surface area contributed by atoms with Crippen molar-refractivity contribution in [2.24, 2.45) is 10.7 Å². The lowest BCUT2D eigenvalue weighted by molar-refractivity contribution is 0.455. The topological polar surface area (TPSA) is 41.6 Å². The molecule has 0 saturated carbocycles. The van der Waals surface area contributed by atoms with Crippen LogP contribution in [0.25, 0.3) is 0 Å². The maximum atomic E-state index is 5.70. The van der Waals surface area contributed by atoms with E-state index in [9.17, 15) is 0 Å². The van der Waals surface area contributed by atoms with Crippen LogP contribution in [0.1, 0.15) is 6.42 Å². The minimum Gasteiger partial charge on any atom is -0.399 e. The van der Waals surface area contributed by atoms with Crippen LogP contribution in [0.5, 0.6) is 0 Å². The standard InChI is InChI=1S/C8H13N3/c1-3-5-10-8-7(9)4-6-11(8)2/h3,5H,1,4,6,9H2,2H3. The molecule has 2 N–H and O–H groups in total. The lowest BCUT2D eigenvalue weighted by atomic mass is 10.4. The molecule has 60 valence electrons. The normalized spacial score (nSPS) is 18.5. The molecule has 0 aromatic rings. The molecule has 11 heavy (non-hydrogen) atoms. The van der Waals surface area contributed by atoms with Gasteiger partial charge in [0.1, 0.15) is 5.82 Å². The van der Waals surface area contributed by atoms with E-state index >= 15 is 0 Å². The Morgan fingerprint density at radius 2 is 2.45 bits per heavy atom. The Labute approximate surface area is 66.9 Å². The van der Waals surface area contributed by atoms with E-state index in [-0.39, 0.29) is 0 Å². The van der Waals surface area contributed by atoms with Gasteiger partial charge in [0.15, 0.2) is 0 Å². The van der Waals surface area contributed by atoms with Gasteiger partial charge in [0, 0.05) is 26.2 Å². The molecule has 0 radical (unpaired) electrons. The summed E-state index contributed by atoms with van der Waals surface area (Å²) in [5, 5.41) is 0. The largest absolute Gasteiger partial charge is 0.399 e. The SMILES string of the molecule is C=CC=NC1=C(N)CCN1C. The van der Waals surface area contributed by atoms with Gasteiger partial charge >= 0.3 is 0 Å². The van der Waals surface area contributed by atoms with Crippen molar-refractivity contribution >= 4 is 6.21 Å². The van der Waals surface area contributed by atoms with Crippen molar-refractivity contribution in [1.29, 1.82) is 0 Å². The molecule has 1 heterocycles. The molecular weight excluding hydrogens is 138 g/mol. The van der Waals surface area contributed by atoms with Gasteiger partial charge in [-0.25, -0.2) is 4.99 Å². The van der Waals surface area contributed by atoms with Crippen LogP contribution in [0.2, 0.25) is 0 Å². The molecule has 1 aliphatic heterocycles. The van der Waals surface area contributed by atoms with E-state index in [1.807, 2.05) is 11.9 Å². The molecule has 0 bridgehead atoms. The van der Waals surface area contributed by atoms with Crippen molar-refractivity contribution in [2.45, 2.75) is 6.42 Å². The monoisotopic (exact) mass is 151 g/mol. The lowest BCUT2D eigenvalue weighted by Gasteiger charge is -2.10. The fourth-order valence-electron chi connectivity index (χ4n) is 1.06. The molecule has 0 amide bonds. The summed E-state index contributed by atoms with van der Waals surface area (Å²) >= 11 is 0. The van der Waals surface area contributed by atoms with Crippen LogP contribution in [-0.4, -0.2) is 24.7 Å². The van der Waals surface area contributed by atoms with Crippen LogP contribution in [0, 0.1) is 0 Å². The second kappa shape index (κ2) is 3.23. The van der Waals surface area contributed by atoms with Crippen LogP contribution < -0.4 is 5.73 Å². The number of nitrogens with two attached hydrogens (primary N) is 1. The van der Waals surface area contributed by atoms with Crippen LogP contribution in [0.15, 0.2) is 29.2 Å². The number of rotatable bonds is 2. The second-order valence-corrected chi connectivity index (χ2v) is 2.53. The van der Waals surface area contributed by atoms with E-state index < -0.39 is 0 Å². The van der Waals surface area contributed by atoms with E-state index in [0.29, 0.717) is 0 Å². The highest BCUT2D eigenvalue weighted by molar-refractivity contribution is 5.71. The molecule has 1 rings (SSSR count). The van der Waals surface area contributed by atoms with Gasteiger partial charge in [-0.3, -0.25) is 0 Å². The van der Waals surface area contributed by atoms with Gasteiger partial charge in [0.05, 0.1) is 5.70 Å². The average Bonchev–Trinajstić information content (AvgIpc) is 2.29. The van der Waals surface area contributed by atoms with Crippen molar-refractivity contribution < 1.29 is 0 Å². The van der Waals surface area contributed by atoms with Gasteiger partial charge in [-0.05, 0) is 0 Å². The van der Waals surface area contributed by atoms with Gasteiger partial charge in [-0.2, -0.15) is 0 Å². The summed E-state index contributed by atoms with van der Waals surface area (Å²) in [5.41, 5.74) is 6.57. The van der Waals surface area contributed by atoms with Crippen LogP contribution in [0.4, 0.5) is 0 Å². The molecule has 0 fully saturated rings. The molecule has 1 aliphatic rings. The third-order valence-electron chi connectivity index (χ3n) is 1.67. The summed E-state index contributed by atoms with van der Waals surface area (Å²) in [6.45, 7) is 4.51. The van der Waals surface area contributed by atoms with Crippen LogP contribution >= 0.6 is 0 Å². The maximum Gasteiger partial charge on any atom is 0.147 e. The number of allylic oxidation sites excluding steroid dienone is 1. The maximum absolute atomic E-state index is 5.70. The Balaban J connectivity index is 2.74. The van der Waals surface area contributed by atoms with Gasteiger partial charge in [-0.15, -0.1) is 0 Å². The predicted molar refractivity (Wildman–Crippen MR) is 47.1 cm³/mol. The zero-order chi connectivity index (χ0) is 8.27. The predicted octanol–water partition coefficient (Wildman–Crippen LogP) is 0.707. The van der Waals surface area contributed by atoms with Crippen molar-refractivity contribution in [1.82, 2.24) is 4.90 Å². The Kier molecular flexibility index (Phi) is 2.31. The summed E-state index contributed by atoms with van der Waals surface area (Å²) in [7, 11) is 1.98. The summed E-state index contributed by atoms with van der Waals surface area (Å²) in [5.74, 6) is 0.880. The fraction of sp³-hybridized carbons (Fsp3) is 0.375. The summed E-state index contributed by atoms with van der Waals surface area (Å²) in [6.07, 6.45) is 4.22. The number of aliphatic imine (C=N–C) groups is 1. The smallest absolute Gasteiger partial charge is 0.147 e. The zero-order valence-electron chi connectivity index (χ0n) is 6.75. The molecule has 0 atom stereocenters. The first-order valence-corrected chi connectivity index (χ1v) is 3.60. The fourth-order valence-corrected chi connectivity index (χ4v) is 1.06. The average molecular weight is 151 g/mol. The molecule has 3 heteroatoms. The molecule has 0 aromatic heterocycles. The van der Waals surface area contributed by atoms with Crippen LogP contribution in [-0.2, 0) is 0 Å². The number of hydrogen-bond donors (Lipinski definition) is 1. The Bertz CT molecular complexity index is 215. The highest BCUT2D eigenvalue weighted by Gasteiger charge is 2.14. The number of nitrogens with zero attached hydrogens (tertiary/aromatic N) is 2. The highest BCUT2D eigenvalue weighted by atomic mass is 15.2. The van der Waals surface area contributed by atoms with E-state index in [1.165, 1.54) is 0 Å². The quantitative estimate of drug-likeness (QED) is 0.590. The minimum absolute atomic E-state index is 0.866. The van der Waals surface area contributed by atoms with Gasteiger partial charge in [0.2, 0.25) is 0 Å². The Hall–Kier alpha value is -1.25. The first-order valence-electron chi connectivity index (χ1n) is 3.60. The van der Waals surface area contributed by atoms with Gasteiger partial charge < -0.3 is 10.6 Å². The van der Waals surface area contributed by atoms with E-state index in [4.69, 9.17) is 5.73 Å². The van der Waals surface area contributed by atoms with Crippen LogP contribution in [0.3, 0.4) is 0 Å². The lowest BCUT2D eigenvalue weighted by Crippen LogP contribution is -2.11. The molecule has 0 saturated heterocycles. The third kappa shape index (κ3) is 1.61. The van der Waals surface area contributed by atoms with Gasteiger partial charge in [0.25, 0.3) is 0 Å². The summed E-state index contributed by atoms with van der Waals surface area (Å²) < 4.78 is 0. The summed E-state index contributed by atoms with van der Waals surface area (Å²) in [6, 6.07) is 0. The molecule has 3 nitrogen and oxygen atoms in total. The molecular formula is C8H13N3. The third-order valence-corrected chi connectivity index (χ3v) is 1.67. The molecule has 0 aliphatic carbocycles. The Morgan fingerprint density at radius 1 is 1.73 bits per heavy atom.